The lowest BCUT2D eigenvalue weighted by molar-refractivity contribution is -0.211. The molecule has 130 valence electrons. The number of rotatable bonds is 2. The molecule has 0 amide bonds. The van der Waals surface area contributed by atoms with Crippen molar-refractivity contribution in [1.82, 2.24) is 9.88 Å². The van der Waals surface area contributed by atoms with E-state index in [2.05, 4.69) is 22.0 Å². The van der Waals surface area contributed by atoms with Crippen LogP contribution in [0.4, 0.5) is 0 Å². The van der Waals surface area contributed by atoms with Crippen molar-refractivity contribution in [3.05, 3.63) is 41.7 Å². The van der Waals surface area contributed by atoms with Crippen LogP contribution >= 0.6 is 0 Å². The normalized spacial score (nSPS) is 23.9. The van der Waals surface area contributed by atoms with Gasteiger partial charge in [0.1, 0.15) is 5.75 Å². The third-order valence-corrected chi connectivity index (χ3v) is 5.72. The van der Waals surface area contributed by atoms with E-state index in [1.54, 1.807) is 7.11 Å². The van der Waals surface area contributed by atoms with E-state index >= 15 is 0 Å². The molecule has 2 bridgehead atoms. The molecule has 6 rings (SSSR count). The van der Waals surface area contributed by atoms with Crippen LogP contribution in [0.1, 0.15) is 18.4 Å². The van der Waals surface area contributed by atoms with Gasteiger partial charge in [0, 0.05) is 30.6 Å². The molecule has 0 aliphatic carbocycles. The Kier molecular flexibility index (Phi) is 3.47. The van der Waals surface area contributed by atoms with Crippen LogP contribution in [-0.4, -0.2) is 49.1 Å². The van der Waals surface area contributed by atoms with Gasteiger partial charge in [0.25, 0.3) is 0 Å². The van der Waals surface area contributed by atoms with Gasteiger partial charge in [-0.25, -0.2) is 0 Å². The highest BCUT2D eigenvalue weighted by atomic mass is 16.7. The van der Waals surface area contributed by atoms with E-state index in [0.717, 1.165) is 48.1 Å². The Morgan fingerprint density at radius 3 is 2.76 bits per heavy atom. The van der Waals surface area contributed by atoms with Gasteiger partial charge in [-0.05, 0) is 48.7 Å². The Labute approximate surface area is 147 Å². The molecule has 4 fully saturated rings. The van der Waals surface area contributed by atoms with Crippen molar-refractivity contribution in [3.63, 3.8) is 0 Å². The molecule has 0 saturated carbocycles. The lowest BCUT2D eigenvalue weighted by atomic mass is 9.79. The van der Waals surface area contributed by atoms with Crippen LogP contribution < -0.4 is 4.74 Å². The van der Waals surface area contributed by atoms with Crippen molar-refractivity contribution in [2.75, 3.05) is 33.4 Å². The van der Waals surface area contributed by atoms with Gasteiger partial charge in [-0.15, -0.1) is 0 Å². The van der Waals surface area contributed by atoms with Gasteiger partial charge < -0.3 is 19.1 Å². The van der Waals surface area contributed by atoms with E-state index < -0.39 is 5.79 Å². The van der Waals surface area contributed by atoms with E-state index in [4.69, 9.17) is 14.2 Å². The smallest absolute Gasteiger partial charge is 0.213 e. The fourth-order valence-electron chi connectivity index (χ4n) is 4.48. The molecule has 5 heterocycles. The zero-order chi connectivity index (χ0) is 16.9. The first-order chi connectivity index (χ1) is 12.3. The summed E-state index contributed by atoms with van der Waals surface area (Å²) in [6, 6.07) is 8.06. The Hall–Kier alpha value is -2.11. The number of methoxy groups -OCH3 is 1. The monoisotopic (exact) mass is 338 g/mol. The molecule has 0 atom stereocenters. The molecule has 2 aromatic rings. The lowest BCUT2D eigenvalue weighted by Crippen LogP contribution is -2.57. The fraction of sp³-hybridized carbons (Fsp3) is 0.450. The van der Waals surface area contributed by atoms with E-state index in [0.29, 0.717) is 19.1 Å². The van der Waals surface area contributed by atoms with Crippen LogP contribution in [0.3, 0.4) is 0 Å². The number of fused-ring (bicyclic) bond motifs is 3. The summed E-state index contributed by atoms with van der Waals surface area (Å²) >= 11 is 0. The van der Waals surface area contributed by atoms with E-state index in [9.17, 15) is 0 Å². The molecule has 5 nitrogen and oxygen atoms in total. The largest absolute Gasteiger partial charge is 0.497 e. The van der Waals surface area contributed by atoms with E-state index in [-0.39, 0.29) is 0 Å². The molecule has 4 saturated heterocycles. The Balaban J connectivity index is 1.67. The number of hydrogen-bond donors (Lipinski definition) is 0. The van der Waals surface area contributed by atoms with Gasteiger partial charge in [0.15, 0.2) is 0 Å². The number of ether oxygens (including phenoxy) is 3. The minimum atomic E-state index is -0.551. The van der Waals surface area contributed by atoms with Crippen LogP contribution in [0, 0.1) is 5.92 Å². The summed E-state index contributed by atoms with van der Waals surface area (Å²) in [6.45, 7) is 3.51. The second-order valence-electron chi connectivity index (χ2n) is 6.94. The van der Waals surface area contributed by atoms with Crippen LogP contribution in [0.2, 0.25) is 0 Å². The quantitative estimate of drug-likeness (QED) is 0.842. The third kappa shape index (κ3) is 2.26. The highest BCUT2D eigenvalue weighted by molar-refractivity contribution is 5.89. The molecule has 0 N–H and O–H groups in total. The predicted molar refractivity (Wildman–Crippen MR) is 95.2 cm³/mol. The van der Waals surface area contributed by atoms with Crippen LogP contribution in [-0.2, 0) is 9.47 Å². The molecule has 25 heavy (non-hydrogen) atoms. The summed E-state index contributed by atoms with van der Waals surface area (Å²) < 4.78 is 17.8. The van der Waals surface area contributed by atoms with Crippen LogP contribution in [0.5, 0.6) is 5.75 Å². The maximum Gasteiger partial charge on any atom is 0.213 e. The second kappa shape index (κ2) is 5.71. The van der Waals surface area contributed by atoms with Gasteiger partial charge in [-0.2, -0.15) is 0 Å². The van der Waals surface area contributed by atoms with Gasteiger partial charge in [-0.3, -0.25) is 4.98 Å². The topological polar surface area (TPSA) is 43.8 Å². The summed E-state index contributed by atoms with van der Waals surface area (Å²) in [5.41, 5.74) is 3.26. The number of nitrogens with zero attached hydrogens (tertiary/aromatic N) is 2. The molecule has 1 aromatic carbocycles. The highest BCUT2D eigenvalue weighted by Crippen LogP contribution is 2.48. The molecule has 1 aromatic heterocycles. The number of hydrogen-bond acceptors (Lipinski definition) is 5. The standard InChI is InChI=1S/C20H22N2O3/c1-23-16-2-3-18-17(13-16)14(4-7-21-18)12-19-20(24-10-11-25-20)15-5-8-22(19)9-6-15/h2-4,7,12-13,15H,5-6,8-11H2,1H3/b19-12-. The van der Waals surface area contributed by atoms with E-state index in [1.165, 1.54) is 5.70 Å². The number of pyridine rings is 1. The SMILES string of the molecule is COc1ccc2nccc(/C=C3\N4CCC(CC4)C34OCCO4)c2c1. The van der Waals surface area contributed by atoms with Crippen molar-refractivity contribution in [2.45, 2.75) is 18.6 Å². The number of aromatic nitrogens is 1. The number of piperidine rings is 3. The summed E-state index contributed by atoms with van der Waals surface area (Å²) in [4.78, 5) is 6.91. The van der Waals surface area contributed by atoms with Crippen molar-refractivity contribution in [1.29, 1.82) is 0 Å². The second-order valence-corrected chi connectivity index (χ2v) is 6.94. The predicted octanol–water partition coefficient (Wildman–Crippen LogP) is 3.05. The van der Waals surface area contributed by atoms with Gasteiger partial charge in [0.05, 0.1) is 31.5 Å². The first kappa shape index (κ1) is 15.2. The maximum atomic E-state index is 6.18. The first-order valence-corrected chi connectivity index (χ1v) is 8.98. The minimum Gasteiger partial charge on any atom is -0.497 e. The van der Waals surface area contributed by atoms with Crippen molar-refractivity contribution >= 4 is 17.0 Å². The molecule has 0 radical (unpaired) electrons. The molecular formula is C20H22N2O3. The zero-order valence-electron chi connectivity index (χ0n) is 14.4. The molecule has 0 unspecified atom stereocenters. The minimum absolute atomic E-state index is 0.453. The van der Waals surface area contributed by atoms with Gasteiger partial charge >= 0.3 is 0 Å². The average molecular weight is 338 g/mol. The van der Waals surface area contributed by atoms with Crippen molar-refractivity contribution < 1.29 is 14.2 Å². The first-order valence-electron chi connectivity index (χ1n) is 8.98. The molecule has 1 spiro atoms. The number of benzene rings is 1. The average Bonchev–Trinajstić information content (AvgIpc) is 3.15. The summed E-state index contributed by atoms with van der Waals surface area (Å²) in [6.07, 6.45) is 6.38. The fourth-order valence-corrected chi connectivity index (χ4v) is 4.48. The van der Waals surface area contributed by atoms with E-state index in [1.807, 2.05) is 24.4 Å². The summed E-state index contributed by atoms with van der Waals surface area (Å²) in [5, 5.41) is 1.09. The summed E-state index contributed by atoms with van der Waals surface area (Å²) in [5.74, 6) is 0.743. The molecule has 4 aliphatic rings. The van der Waals surface area contributed by atoms with Gasteiger partial charge in [-0.1, -0.05) is 0 Å². The molecule has 5 heteroatoms. The molecular weight excluding hydrogens is 316 g/mol. The zero-order valence-corrected chi connectivity index (χ0v) is 14.4. The maximum absolute atomic E-state index is 6.18. The van der Waals surface area contributed by atoms with Crippen molar-refractivity contribution in [3.8, 4) is 5.75 Å². The van der Waals surface area contributed by atoms with Gasteiger partial charge in [0.2, 0.25) is 5.79 Å². The Morgan fingerprint density at radius 2 is 2.00 bits per heavy atom. The van der Waals surface area contributed by atoms with Crippen molar-refractivity contribution in [2.24, 2.45) is 5.92 Å². The van der Waals surface area contributed by atoms with Crippen LogP contribution in [0.15, 0.2) is 36.2 Å². The summed E-state index contributed by atoms with van der Waals surface area (Å²) in [7, 11) is 1.69. The molecule has 4 aliphatic heterocycles. The van der Waals surface area contributed by atoms with Crippen LogP contribution in [0.25, 0.3) is 17.0 Å². The highest BCUT2D eigenvalue weighted by Gasteiger charge is 2.54. The Bertz CT molecular complexity index is 834. The Morgan fingerprint density at radius 1 is 1.20 bits per heavy atom. The lowest BCUT2D eigenvalue weighted by Gasteiger charge is -2.52. The third-order valence-electron chi connectivity index (χ3n) is 5.72.